The molecule has 2 aromatic carbocycles. The van der Waals surface area contributed by atoms with Crippen molar-refractivity contribution in [1.29, 1.82) is 0 Å². The van der Waals surface area contributed by atoms with Crippen LogP contribution in [0.3, 0.4) is 0 Å². The van der Waals surface area contributed by atoms with Gasteiger partial charge in [0.1, 0.15) is 17.3 Å². The lowest BCUT2D eigenvalue weighted by atomic mass is 9.86. The molecule has 0 spiro atoms. The van der Waals surface area contributed by atoms with E-state index in [1.165, 1.54) is 11.8 Å². The molecule has 156 valence electrons. The molecule has 0 fully saturated rings. The standard InChI is InChI=1S/C24H25ClN2O3/c1-16-13-18(24(2,3)4)7-11-21(16)29-15-23(28)27-26-14-20-10-12-22(30-20)17-5-8-19(25)9-6-17/h5-14H,15H2,1-4H3,(H,27,28)/b26-14-. The quantitative estimate of drug-likeness (QED) is 0.405. The van der Waals surface area contributed by atoms with Crippen molar-refractivity contribution < 1.29 is 13.9 Å². The summed E-state index contributed by atoms with van der Waals surface area (Å²) in [4.78, 5) is 12.0. The molecule has 1 heterocycles. The first-order chi connectivity index (χ1) is 14.2. The summed E-state index contributed by atoms with van der Waals surface area (Å²) >= 11 is 5.90. The lowest BCUT2D eigenvalue weighted by Gasteiger charge is -2.20. The summed E-state index contributed by atoms with van der Waals surface area (Å²) in [6.45, 7) is 8.32. The fourth-order valence-electron chi connectivity index (χ4n) is 2.81. The minimum Gasteiger partial charge on any atom is -0.483 e. The van der Waals surface area contributed by atoms with Gasteiger partial charge in [-0.3, -0.25) is 4.79 Å². The summed E-state index contributed by atoms with van der Waals surface area (Å²) in [5, 5.41) is 4.59. The second-order valence-electron chi connectivity index (χ2n) is 8.02. The SMILES string of the molecule is Cc1cc(C(C)(C)C)ccc1OCC(=O)N/N=C\c1ccc(-c2ccc(Cl)cc2)o1. The van der Waals surface area contributed by atoms with Gasteiger partial charge in [-0.25, -0.2) is 5.43 Å². The maximum absolute atomic E-state index is 12.0. The molecule has 30 heavy (non-hydrogen) atoms. The topological polar surface area (TPSA) is 63.8 Å². The highest BCUT2D eigenvalue weighted by atomic mass is 35.5. The molecule has 0 aliphatic heterocycles. The van der Waals surface area contributed by atoms with Gasteiger partial charge in [0.25, 0.3) is 5.91 Å². The van der Waals surface area contributed by atoms with Crippen LogP contribution in [0.1, 0.15) is 37.7 Å². The molecule has 0 aliphatic rings. The molecule has 6 heteroatoms. The van der Waals surface area contributed by atoms with Crippen LogP contribution >= 0.6 is 11.6 Å². The number of ether oxygens (including phenoxy) is 1. The van der Waals surface area contributed by atoms with E-state index in [1.54, 1.807) is 18.2 Å². The van der Waals surface area contributed by atoms with Crippen LogP contribution in [0.25, 0.3) is 11.3 Å². The number of halogens is 1. The number of carbonyl (C=O) groups excluding carboxylic acids is 1. The summed E-state index contributed by atoms with van der Waals surface area (Å²) in [6.07, 6.45) is 1.45. The monoisotopic (exact) mass is 424 g/mol. The Morgan fingerprint density at radius 1 is 1.13 bits per heavy atom. The van der Waals surface area contributed by atoms with E-state index < -0.39 is 0 Å². The van der Waals surface area contributed by atoms with Crippen molar-refractivity contribution in [3.8, 4) is 17.1 Å². The van der Waals surface area contributed by atoms with E-state index >= 15 is 0 Å². The molecule has 0 radical (unpaired) electrons. The van der Waals surface area contributed by atoms with Crippen LogP contribution in [-0.4, -0.2) is 18.7 Å². The average Bonchev–Trinajstić information content (AvgIpc) is 3.15. The average molecular weight is 425 g/mol. The van der Waals surface area contributed by atoms with Crippen LogP contribution in [0, 0.1) is 6.92 Å². The number of furan rings is 1. The second kappa shape index (κ2) is 9.18. The fraction of sp³-hybridized carbons (Fsp3) is 0.250. The first-order valence-corrected chi connectivity index (χ1v) is 10.0. The van der Waals surface area contributed by atoms with Gasteiger partial charge in [0.2, 0.25) is 0 Å². The smallest absolute Gasteiger partial charge is 0.277 e. The van der Waals surface area contributed by atoms with Gasteiger partial charge in [0, 0.05) is 10.6 Å². The normalized spacial score (nSPS) is 11.6. The van der Waals surface area contributed by atoms with E-state index in [2.05, 4.69) is 37.4 Å². The number of hydrogen-bond acceptors (Lipinski definition) is 4. The lowest BCUT2D eigenvalue weighted by Crippen LogP contribution is -2.24. The van der Waals surface area contributed by atoms with E-state index in [1.807, 2.05) is 37.3 Å². The van der Waals surface area contributed by atoms with Crippen molar-refractivity contribution in [1.82, 2.24) is 5.43 Å². The van der Waals surface area contributed by atoms with Crippen LogP contribution in [0.4, 0.5) is 0 Å². The van der Waals surface area contributed by atoms with Crippen LogP contribution in [0.2, 0.25) is 5.02 Å². The molecule has 3 aromatic rings. The lowest BCUT2D eigenvalue weighted by molar-refractivity contribution is -0.123. The number of rotatable bonds is 6. The Bertz CT molecular complexity index is 1050. The summed E-state index contributed by atoms with van der Waals surface area (Å²) < 4.78 is 11.3. The van der Waals surface area contributed by atoms with Crippen molar-refractivity contribution in [2.24, 2.45) is 5.10 Å². The Morgan fingerprint density at radius 2 is 1.87 bits per heavy atom. The molecule has 0 atom stereocenters. The van der Waals surface area contributed by atoms with Gasteiger partial charge in [0.15, 0.2) is 6.61 Å². The molecule has 1 amide bonds. The minimum atomic E-state index is -0.352. The number of benzene rings is 2. The van der Waals surface area contributed by atoms with E-state index in [9.17, 15) is 4.79 Å². The fourth-order valence-corrected chi connectivity index (χ4v) is 2.94. The van der Waals surface area contributed by atoms with Gasteiger partial charge in [-0.1, -0.05) is 44.5 Å². The van der Waals surface area contributed by atoms with Gasteiger partial charge >= 0.3 is 0 Å². The van der Waals surface area contributed by atoms with E-state index in [4.69, 9.17) is 20.8 Å². The van der Waals surface area contributed by atoms with Crippen molar-refractivity contribution in [3.63, 3.8) is 0 Å². The highest BCUT2D eigenvalue weighted by Gasteiger charge is 2.15. The first kappa shape index (κ1) is 21.7. The Labute approximate surface area is 181 Å². The largest absolute Gasteiger partial charge is 0.483 e. The Kier molecular flexibility index (Phi) is 6.63. The van der Waals surface area contributed by atoms with Crippen molar-refractivity contribution in [3.05, 3.63) is 76.5 Å². The molecule has 0 saturated heterocycles. The second-order valence-corrected chi connectivity index (χ2v) is 8.46. The van der Waals surface area contributed by atoms with Gasteiger partial charge in [0.05, 0.1) is 6.21 Å². The molecule has 0 unspecified atom stereocenters. The van der Waals surface area contributed by atoms with Crippen molar-refractivity contribution in [2.45, 2.75) is 33.1 Å². The number of aryl methyl sites for hydroxylation is 1. The van der Waals surface area contributed by atoms with Crippen LogP contribution in [0.15, 0.2) is 64.1 Å². The predicted molar refractivity (Wildman–Crippen MR) is 120 cm³/mol. The zero-order chi connectivity index (χ0) is 21.7. The third-order valence-electron chi connectivity index (χ3n) is 4.54. The molecule has 0 aliphatic carbocycles. The molecule has 5 nitrogen and oxygen atoms in total. The van der Waals surface area contributed by atoms with E-state index in [0.29, 0.717) is 22.3 Å². The van der Waals surface area contributed by atoms with Crippen molar-refractivity contribution in [2.75, 3.05) is 6.61 Å². The maximum atomic E-state index is 12.0. The number of carbonyl (C=O) groups is 1. The Morgan fingerprint density at radius 3 is 2.53 bits per heavy atom. The molecular weight excluding hydrogens is 400 g/mol. The third kappa shape index (κ3) is 5.74. The number of hydrazone groups is 1. The summed E-state index contributed by atoms with van der Waals surface area (Å²) in [5.74, 6) is 1.54. The third-order valence-corrected chi connectivity index (χ3v) is 4.79. The summed E-state index contributed by atoms with van der Waals surface area (Å²) in [6, 6.07) is 16.9. The summed E-state index contributed by atoms with van der Waals surface area (Å²) in [5.41, 5.74) is 5.62. The Balaban J connectivity index is 1.51. The van der Waals surface area contributed by atoms with Gasteiger partial charge in [-0.05, 0) is 65.9 Å². The first-order valence-electron chi connectivity index (χ1n) is 9.64. The summed E-state index contributed by atoms with van der Waals surface area (Å²) in [7, 11) is 0. The van der Waals surface area contributed by atoms with Gasteiger partial charge in [-0.15, -0.1) is 0 Å². The molecule has 0 saturated carbocycles. The number of hydrogen-bond donors (Lipinski definition) is 1. The number of nitrogens with zero attached hydrogens (tertiary/aromatic N) is 1. The molecule has 0 bridgehead atoms. The molecule has 1 N–H and O–H groups in total. The van der Waals surface area contributed by atoms with Crippen LogP contribution in [-0.2, 0) is 10.2 Å². The minimum absolute atomic E-state index is 0.0641. The zero-order valence-corrected chi connectivity index (χ0v) is 18.3. The van der Waals surface area contributed by atoms with Crippen LogP contribution in [0.5, 0.6) is 5.75 Å². The molecule has 1 aromatic heterocycles. The Hall–Kier alpha value is -3.05. The van der Waals surface area contributed by atoms with Gasteiger partial charge in [-0.2, -0.15) is 5.10 Å². The van der Waals surface area contributed by atoms with Gasteiger partial charge < -0.3 is 9.15 Å². The maximum Gasteiger partial charge on any atom is 0.277 e. The zero-order valence-electron chi connectivity index (χ0n) is 17.5. The van der Waals surface area contributed by atoms with E-state index in [-0.39, 0.29) is 17.9 Å². The van der Waals surface area contributed by atoms with E-state index in [0.717, 1.165) is 11.1 Å². The van der Waals surface area contributed by atoms with Crippen molar-refractivity contribution >= 4 is 23.7 Å². The number of nitrogens with one attached hydrogen (secondary N) is 1. The van der Waals surface area contributed by atoms with Crippen LogP contribution < -0.4 is 10.2 Å². The molecule has 3 rings (SSSR count). The highest BCUT2D eigenvalue weighted by Crippen LogP contribution is 2.27. The highest BCUT2D eigenvalue weighted by molar-refractivity contribution is 6.30. The molecular formula is C24H25ClN2O3. The predicted octanol–water partition coefficient (Wildman–Crippen LogP) is 5.74. The number of amides is 1.